The van der Waals surface area contributed by atoms with Crippen molar-refractivity contribution < 1.29 is 89.4 Å². The Bertz CT molecular complexity index is 2610. The molecule has 19 heteroatoms. The maximum absolute atomic E-state index is 13.5. The van der Waals surface area contributed by atoms with Gasteiger partial charge in [0.2, 0.25) is 5.91 Å². The summed E-state index contributed by atoms with van der Waals surface area (Å²) < 4.78 is 34.5. The Hall–Kier alpha value is -4.33. The molecule has 0 spiro atoms. The van der Waals surface area contributed by atoms with E-state index < -0.39 is 124 Å². The van der Waals surface area contributed by atoms with E-state index in [0.717, 1.165) is 128 Å². The molecular weight excluding hydrogens is 1430 g/mol. The summed E-state index contributed by atoms with van der Waals surface area (Å²) >= 11 is 0. The van der Waals surface area contributed by atoms with Crippen molar-refractivity contribution in [1.29, 1.82) is 0 Å². The second kappa shape index (κ2) is 71.8. The monoisotopic (exact) mass is 1590 g/mol. The molecule has 3 rings (SSSR count). The van der Waals surface area contributed by atoms with Gasteiger partial charge in [0.15, 0.2) is 18.9 Å². The van der Waals surface area contributed by atoms with Gasteiger partial charge in [0.1, 0.15) is 73.2 Å². The van der Waals surface area contributed by atoms with Gasteiger partial charge in [-0.2, -0.15) is 0 Å². The number of carbonyl (C=O) groups is 1. The van der Waals surface area contributed by atoms with Gasteiger partial charge in [0, 0.05) is 6.42 Å². The fraction of sp³-hybridized carbons (Fsp3) is 0.734. The lowest BCUT2D eigenvalue weighted by molar-refractivity contribution is -0.379. The number of hydrogen-bond donors (Lipinski definition) is 12. The molecule has 0 radical (unpaired) electrons. The summed E-state index contributed by atoms with van der Waals surface area (Å²) in [7, 11) is 0. The van der Waals surface area contributed by atoms with Crippen LogP contribution in [0.15, 0.2) is 146 Å². The summed E-state index contributed by atoms with van der Waals surface area (Å²) in [6, 6.07) is -1.01. The van der Waals surface area contributed by atoms with Gasteiger partial charge in [-0.3, -0.25) is 4.79 Å². The average molecular weight is 1590 g/mol. The van der Waals surface area contributed by atoms with Crippen LogP contribution in [-0.4, -0.2) is 193 Å². The van der Waals surface area contributed by atoms with Crippen molar-refractivity contribution in [2.45, 2.75) is 413 Å². The Morgan fingerprint density at radius 2 is 0.619 bits per heavy atom. The van der Waals surface area contributed by atoms with Crippen LogP contribution >= 0.6 is 0 Å². The first-order chi connectivity index (χ1) is 55.3. The summed E-state index contributed by atoms with van der Waals surface area (Å²) in [6.45, 7) is 1.62. The van der Waals surface area contributed by atoms with E-state index in [1.165, 1.54) is 148 Å². The first-order valence-electron chi connectivity index (χ1n) is 44.6. The van der Waals surface area contributed by atoms with Crippen LogP contribution in [0.1, 0.15) is 309 Å². The number of hydrogen-bond acceptors (Lipinski definition) is 18. The van der Waals surface area contributed by atoms with Crippen LogP contribution in [0.5, 0.6) is 0 Å². The van der Waals surface area contributed by atoms with Crippen LogP contribution in [0, 0.1) is 0 Å². The average Bonchev–Trinajstić information content (AvgIpc) is 0.780. The summed E-state index contributed by atoms with van der Waals surface area (Å²) in [5, 5.41) is 121. The molecule has 0 aromatic heterocycles. The SMILES string of the molecule is CC/C=C\C/C=C\C/C=C\C/C=C\C/C=C\C/C=C\C/C=C\C/C=C\C/C=C\C/C=C\CCCCCCCCCCC(=O)NC(COC1OC(CO)C(OC2OC(CO)C(OC3OC(CO)C(O)C(O)C3O)C(O)C2O)C(O)C1O)C(O)/C=C/CC/C=C/CCCCCCCCCCCCCCCCCCCCCCCCC. The Kier molecular flexibility index (Phi) is 65.3. The van der Waals surface area contributed by atoms with Gasteiger partial charge in [-0.1, -0.05) is 339 Å². The van der Waals surface area contributed by atoms with Crippen LogP contribution in [-0.2, 0) is 33.2 Å². The number of unbranched alkanes of at least 4 members (excludes halogenated alkanes) is 32. The molecule has 3 saturated heterocycles. The predicted octanol–water partition coefficient (Wildman–Crippen LogP) is 17.0. The highest BCUT2D eigenvalue weighted by molar-refractivity contribution is 5.76. The quantitative estimate of drug-likeness (QED) is 0.0199. The number of rotatable bonds is 70. The normalized spacial score (nSPS) is 25.5. The van der Waals surface area contributed by atoms with Gasteiger partial charge in [0.25, 0.3) is 0 Å². The molecule has 648 valence electrons. The standard InChI is InChI=1S/C94H159NO18/c1-3-5-7-9-11-13-15-17-19-21-23-25-27-29-31-33-34-35-36-37-38-39-40-41-42-44-46-48-50-52-54-56-58-60-62-64-66-68-70-72-82(100)95-77(78(99)71-69-67-65-63-61-59-57-55-53-51-49-47-45-43-32-30-28-26-24-22-20-18-16-14-12-10-8-6-4-2)76-108-92-88(106)85(103)90(80(74-97)110-92)113-94-89(107)86(104)91(81(75-98)111-94)112-93-87(105)84(102)83(101)79(73-96)109-93/h5,7,11,13,17,19,23,25,29,31,34-35,37-38,40-41,44,46,50,52,61,63,69,71,77-81,83-94,96-99,101-107H,3-4,6,8-10,12,14-16,18,20-22,24,26-28,30,32-33,36,39,42-43,45,47-49,51,53-60,62,64-68,70,72-76H2,1-2H3,(H,95,100)/b7-5-,13-11-,19-17-,25-23-,31-29-,35-34-,38-37-,41-40-,46-44-,52-50-,63-61+,71-69+. The second-order valence-electron chi connectivity index (χ2n) is 31.0. The van der Waals surface area contributed by atoms with Gasteiger partial charge in [-0.05, 0) is 109 Å². The van der Waals surface area contributed by atoms with E-state index in [-0.39, 0.29) is 18.9 Å². The molecule has 3 heterocycles. The summed E-state index contributed by atoms with van der Waals surface area (Å²) in [5.41, 5.74) is 0. The van der Waals surface area contributed by atoms with Gasteiger partial charge in [-0.25, -0.2) is 0 Å². The molecule has 0 aromatic carbocycles. The summed E-state index contributed by atoms with van der Waals surface area (Å²) in [5.74, 6) is -0.297. The first kappa shape index (κ1) is 103. The number of ether oxygens (including phenoxy) is 6. The van der Waals surface area contributed by atoms with Crippen molar-refractivity contribution in [3.05, 3.63) is 146 Å². The van der Waals surface area contributed by atoms with E-state index in [1.807, 2.05) is 6.08 Å². The summed E-state index contributed by atoms with van der Waals surface area (Å²) in [4.78, 5) is 13.5. The van der Waals surface area contributed by atoms with Gasteiger partial charge < -0.3 is 89.9 Å². The maximum atomic E-state index is 13.5. The van der Waals surface area contributed by atoms with Crippen molar-refractivity contribution >= 4 is 5.91 Å². The molecule has 19 nitrogen and oxygen atoms in total. The van der Waals surface area contributed by atoms with Crippen molar-refractivity contribution in [2.24, 2.45) is 0 Å². The van der Waals surface area contributed by atoms with Crippen LogP contribution < -0.4 is 5.32 Å². The Morgan fingerprint density at radius 3 is 0.991 bits per heavy atom. The lowest BCUT2D eigenvalue weighted by Crippen LogP contribution is -2.66. The molecule has 0 aliphatic carbocycles. The number of amides is 1. The number of aliphatic hydroxyl groups excluding tert-OH is 11. The molecule has 0 saturated carbocycles. The summed E-state index contributed by atoms with van der Waals surface area (Å²) in [6.07, 6.45) is 78.4. The molecule has 3 fully saturated rings. The Morgan fingerprint density at radius 1 is 0.327 bits per heavy atom. The van der Waals surface area contributed by atoms with Crippen LogP contribution in [0.25, 0.3) is 0 Å². The van der Waals surface area contributed by atoms with Crippen molar-refractivity contribution in [3.8, 4) is 0 Å². The number of nitrogens with one attached hydrogen (secondary N) is 1. The lowest BCUT2D eigenvalue weighted by Gasteiger charge is -2.48. The van der Waals surface area contributed by atoms with Crippen molar-refractivity contribution in [2.75, 3.05) is 26.4 Å². The predicted molar refractivity (Wildman–Crippen MR) is 456 cm³/mol. The van der Waals surface area contributed by atoms with E-state index in [1.54, 1.807) is 6.08 Å². The van der Waals surface area contributed by atoms with Gasteiger partial charge >= 0.3 is 0 Å². The molecule has 17 atom stereocenters. The molecule has 0 aromatic rings. The highest BCUT2D eigenvalue weighted by Gasteiger charge is 2.54. The third-order valence-electron chi connectivity index (χ3n) is 21.1. The molecule has 1 amide bonds. The fourth-order valence-electron chi connectivity index (χ4n) is 14.1. The highest BCUT2D eigenvalue weighted by atomic mass is 16.8. The Balaban J connectivity index is 1.36. The lowest BCUT2D eigenvalue weighted by atomic mass is 9.96. The smallest absolute Gasteiger partial charge is 0.220 e. The van der Waals surface area contributed by atoms with Crippen molar-refractivity contribution in [3.63, 3.8) is 0 Å². The second-order valence-corrected chi connectivity index (χ2v) is 31.0. The van der Waals surface area contributed by atoms with E-state index in [0.29, 0.717) is 12.8 Å². The van der Waals surface area contributed by atoms with E-state index in [2.05, 4.69) is 153 Å². The van der Waals surface area contributed by atoms with Gasteiger partial charge in [0.05, 0.1) is 38.6 Å². The van der Waals surface area contributed by atoms with Gasteiger partial charge in [-0.15, -0.1) is 0 Å². The highest BCUT2D eigenvalue weighted by Crippen LogP contribution is 2.33. The third-order valence-corrected chi connectivity index (χ3v) is 21.1. The minimum absolute atomic E-state index is 0.217. The number of carbonyl (C=O) groups excluding carboxylic acids is 1. The molecule has 113 heavy (non-hydrogen) atoms. The van der Waals surface area contributed by atoms with Crippen LogP contribution in [0.2, 0.25) is 0 Å². The fourth-order valence-corrected chi connectivity index (χ4v) is 14.1. The van der Waals surface area contributed by atoms with E-state index >= 15 is 0 Å². The zero-order chi connectivity index (χ0) is 81.7. The van der Waals surface area contributed by atoms with Crippen molar-refractivity contribution in [1.82, 2.24) is 5.32 Å². The van der Waals surface area contributed by atoms with Crippen LogP contribution in [0.4, 0.5) is 0 Å². The Labute approximate surface area is 683 Å². The zero-order valence-corrected chi connectivity index (χ0v) is 69.8. The molecule has 3 aliphatic heterocycles. The van der Waals surface area contributed by atoms with E-state index in [4.69, 9.17) is 28.4 Å². The molecule has 12 N–H and O–H groups in total. The van der Waals surface area contributed by atoms with E-state index in [9.17, 15) is 61.0 Å². The third kappa shape index (κ3) is 50.3. The maximum Gasteiger partial charge on any atom is 0.220 e. The topological polar surface area (TPSA) is 307 Å². The largest absolute Gasteiger partial charge is 0.394 e. The molecule has 0 bridgehead atoms. The zero-order valence-electron chi connectivity index (χ0n) is 69.8. The number of allylic oxidation sites excluding steroid dienone is 23. The molecule has 3 aliphatic rings. The van der Waals surface area contributed by atoms with Crippen LogP contribution in [0.3, 0.4) is 0 Å². The molecule has 17 unspecified atom stereocenters. The minimum atomic E-state index is -1.99. The molecular formula is C94H159NO18. The minimum Gasteiger partial charge on any atom is -0.394 e. The number of aliphatic hydroxyl groups is 11. The first-order valence-corrected chi connectivity index (χ1v) is 44.6.